The summed E-state index contributed by atoms with van der Waals surface area (Å²) < 4.78 is 1.93. The molecule has 1 fully saturated rings. The highest BCUT2D eigenvalue weighted by Gasteiger charge is 2.24. The summed E-state index contributed by atoms with van der Waals surface area (Å²) in [5.41, 5.74) is 2.45. The van der Waals surface area contributed by atoms with Crippen LogP contribution in [0.5, 0.6) is 0 Å². The Morgan fingerprint density at radius 2 is 2.25 bits per heavy atom. The Hall–Kier alpha value is -2.70. The van der Waals surface area contributed by atoms with Crippen molar-refractivity contribution >= 4 is 17.1 Å². The van der Waals surface area contributed by atoms with Crippen molar-refractivity contribution in [2.45, 2.75) is 18.9 Å². The lowest BCUT2D eigenvalue weighted by Crippen LogP contribution is -1.96. The molecule has 100 valence electrons. The van der Waals surface area contributed by atoms with Crippen molar-refractivity contribution in [3.05, 3.63) is 30.4 Å². The standard InChI is InChI=1S/C13H11N5O2/c19-13(20)9-4-14-12-11(9)17-10(5-15-12)7-3-16-18(6-7)8-1-2-8/h3-6,8H,1-2H2,(H,14,15)(H,19,20). The molecule has 3 aromatic heterocycles. The summed E-state index contributed by atoms with van der Waals surface area (Å²) in [6, 6.07) is 0.502. The van der Waals surface area contributed by atoms with Gasteiger partial charge in [-0.3, -0.25) is 4.68 Å². The van der Waals surface area contributed by atoms with Crippen LogP contribution in [0.1, 0.15) is 29.2 Å². The molecule has 0 aliphatic heterocycles. The largest absolute Gasteiger partial charge is 0.478 e. The molecule has 1 aliphatic carbocycles. The fraction of sp³-hybridized carbons (Fsp3) is 0.231. The third-order valence-corrected chi connectivity index (χ3v) is 3.43. The summed E-state index contributed by atoms with van der Waals surface area (Å²) in [6.45, 7) is 0. The van der Waals surface area contributed by atoms with Gasteiger partial charge in [0.15, 0.2) is 5.65 Å². The molecular weight excluding hydrogens is 258 g/mol. The highest BCUT2D eigenvalue weighted by molar-refractivity contribution is 6.00. The number of carbonyl (C=O) groups is 1. The first-order chi connectivity index (χ1) is 9.72. The number of H-pyrrole nitrogens is 1. The first-order valence-corrected chi connectivity index (χ1v) is 6.34. The monoisotopic (exact) mass is 269 g/mol. The molecule has 2 N–H and O–H groups in total. The number of hydrogen-bond acceptors (Lipinski definition) is 4. The number of fused-ring (bicyclic) bond motifs is 1. The molecule has 0 unspecified atom stereocenters. The quantitative estimate of drug-likeness (QED) is 0.756. The highest BCUT2D eigenvalue weighted by atomic mass is 16.4. The zero-order valence-corrected chi connectivity index (χ0v) is 10.4. The van der Waals surface area contributed by atoms with Gasteiger partial charge < -0.3 is 10.1 Å². The average molecular weight is 269 g/mol. The van der Waals surface area contributed by atoms with Crippen LogP contribution < -0.4 is 0 Å². The second-order valence-electron chi connectivity index (χ2n) is 4.90. The summed E-state index contributed by atoms with van der Waals surface area (Å²) in [5.74, 6) is -1.02. The Kier molecular flexibility index (Phi) is 2.17. The lowest BCUT2D eigenvalue weighted by Gasteiger charge is -1.97. The summed E-state index contributed by atoms with van der Waals surface area (Å²) >= 11 is 0. The fourth-order valence-corrected chi connectivity index (χ4v) is 2.20. The van der Waals surface area contributed by atoms with E-state index in [9.17, 15) is 4.79 Å². The van der Waals surface area contributed by atoms with E-state index in [1.54, 1.807) is 12.4 Å². The number of aromatic amines is 1. The first kappa shape index (κ1) is 11.2. The molecule has 20 heavy (non-hydrogen) atoms. The van der Waals surface area contributed by atoms with Crippen LogP contribution in [0.25, 0.3) is 22.4 Å². The van der Waals surface area contributed by atoms with Gasteiger partial charge in [0.1, 0.15) is 11.1 Å². The number of aromatic nitrogens is 5. The molecular formula is C13H11N5O2. The Bertz CT molecular complexity index is 815. The number of nitrogens with one attached hydrogen (secondary N) is 1. The Balaban J connectivity index is 1.82. The molecule has 0 aromatic carbocycles. The molecule has 0 atom stereocenters. The molecule has 0 bridgehead atoms. The van der Waals surface area contributed by atoms with Crippen LogP contribution >= 0.6 is 0 Å². The summed E-state index contributed by atoms with van der Waals surface area (Å²) in [5, 5.41) is 13.4. The van der Waals surface area contributed by atoms with Gasteiger partial charge in [-0.2, -0.15) is 5.10 Å². The summed E-state index contributed by atoms with van der Waals surface area (Å²) in [4.78, 5) is 22.5. The molecule has 0 amide bonds. The SMILES string of the molecule is O=C(O)c1c[nH]c2ncc(-c3cnn(C4CC4)c3)nc12. The van der Waals surface area contributed by atoms with Crippen LogP contribution in [0.15, 0.2) is 24.8 Å². The van der Waals surface area contributed by atoms with Crippen LogP contribution in [0.3, 0.4) is 0 Å². The van der Waals surface area contributed by atoms with Crippen molar-refractivity contribution < 1.29 is 9.90 Å². The normalized spacial score (nSPS) is 14.8. The van der Waals surface area contributed by atoms with Gasteiger partial charge in [0.2, 0.25) is 0 Å². The molecule has 3 aromatic rings. The van der Waals surface area contributed by atoms with E-state index in [-0.39, 0.29) is 5.56 Å². The predicted octanol–water partition coefficient (Wildman–Crippen LogP) is 1.85. The Labute approximate surface area is 113 Å². The number of nitrogens with zero attached hydrogens (tertiary/aromatic N) is 4. The van der Waals surface area contributed by atoms with Crippen molar-refractivity contribution in [2.75, 3.05) is 0 Å². The average Bonchev–Trinajstić information content (AvgIpc) is 3.03. The molecule has 7 heteroatoms. The van der Waals surface area contributed by atoms with E-state index in [4.69, 9.17) is 5.11 Å². The number of hydrogen-bond donors (Lipinski definition) is 2. The molecule has 1 saturated carbocycles. The van der Waals surface area contributed by atoms with E-state index >= 15 is 0 Å². The molecule has 0 spiro atoms. The van der Waals surface area contributed by atoms with Gasteiger partial charge in [-0.1, -0.05) is 0 Å². The summed E-state index contributed by atoms with van der Waals surface area (Å²) in [6.07, 6.45) is 9.02. The molecule has 3 heterocycles. The first-order valence-electron chi connectivity index (χ1n) is 6.34. The minimum Gasteiger partial charge on any atom is -0.478 e. The smallest absolute Gasteiger partial charge is 0.339 e. The van der Waals surface area contributed by atoms with Gasteiger partial charge in [0.05, 0.1) is 24.1 Å². The van der Waals surface area contributed by atoms with Crippen LogP contribution in [0.4, 0.5) is 0 Å². The number of carboxylic acid groups (broad SMARTS) is 1. The van der Waals surface area contributed by atoms with Gasteiger partial charge in [-0.25, -0.2) is 14.8 Å². The zero-order chi connectivity index (χ0) is 13.7. The minimum absolute atomic E-state index is 0.129. The second kappa shape index (κ2) is 3.89. The van der Waals surface area contributed by atoms with Gasteiger partial charge in [-0.15, -0.1) is 0 Å². The van der Waals surface area contributed by atoms with Gasteiger partial charge >= 0.3 is 5.97 Å². The van der Waals surface area contributed by atoms with Crippen molar-refractivity contribution in [1.82, 2.24) is 24.7 Å². The molecule has 1 aliphatic rings. The van der Waals surface area contributed by atoms with Crippen molar-refractivity contribution in [2.24, 2.45) is 0 Å². The maximum atomic E-state index is 11.1. The lowest BCUT2D eigenvalue weighted by molar-refractivity contribution is 0.0699. The van der Waals surface area contributed by atoms with Crippen LogP contribution in [0.2, 0.25) is 0 Å². The van der Waals surface area contributed by atoms with Crippen LogP contribution in [-0.4, -0.2) is 35.8 Å². The third kappa shape index (κ3) is 1.67. The fourth-order valence-electron chi connectivity index (χ4n) is 2.20. The topological polar surface area (TPSA) is 96.7 Å². The maximum absolute atomic E-state index is 11.1. The van der Waals surface area contributed by atoms with Gasteiger partial charge in [0, 0.05) is 18.0 Å². The van der Waals surface area contributed by atoms with Crippen molar-refractivity contribution in [3.63, 3.8) is 0 Å². The zero-order valence-electron chi connectivity index (χ0n) is 10.4. The molecule has 0 radical (unpaired) electrons. The van der Waals surface area contributed by atoms with E-state index < -0.39 is 5.97 Å². The van der Waals surface area contributed by atoms with E-state index in [1.165, 1.54) is 6.20 Å². The Morgan fingerprint density at radius 1 is 1.40 bits per heavy atom. The van der Waals surface area contributed by atoms with E-state index in [2.05, 4.69) is 20.1 Å². The molecule has 4 rings (SSSR count). The minimum atomic E-state index is -1.02. The Morgan fingerprint density at radius 3 is 3.00 bits per heavy atom. The second-order valence-corrected chi connectivity index (χ2v) is 4.90. The highest BCUT2D eigenvalue weighted by Crippen LogP contribution is 2.35. The van der Waals surface area contributed by atoms with Crippen LogP contribution in [-0.2, 0) is 0 Å². The van der Waals surface area contributed by atoms with Crippen molar-refractivity contribution in [3.8, 4) is 11.3 Å². The molecule has 7 nitrogen and oxygen atoms in total. The van der Waals surface area contributed by atoms with Gasteiger partial charge in [-0.05, 0) is 12.8 Å². The van der Waals surface area contributed by atoms with E-state index in [0.29, 0.717) is 22.9 Å². The number of rotatable bonds is 3. The lowest BCUT2D eigenvalue weighted by atomic mass is 10.2. The maximum Gasteiger partial charge on any atom is 0.339 e. The molecule has 0 saturated heterocycles. The van der Waals surface area contributed by atoms with Crippen molar-refractivity contribution in [1.29, 1.82) is 0 Å². The summed E-state index contributed by atoms with van der Waals surface area (Å²) in [7, 11) is 0. The van der Waals surface area contributed by atoms with E-state index in [0.717, 1.165) is 18.4 Å². The van der Waals surface area contributed by atoms with Gasteiger partial charge in [0.25, 0.3) is 0 Å². The van der Waals surface area contributed by atoms with Crippen LogP contribution in [0, 0.1) is 0 Å². The number of carboxylic acids is 1. The van der Waals surface area contributed by atoms with E-state index in [1.807, 2.05) is 10.9 Å². The predicted molar refractivity (Wildman–Crippen MR) is 70.3 cm³/mol. The number of aromatic carboxylic acids is 1. The third-order valence-electron chi connectivity index (χ3n) is 3.43.